The summed E-state index contributed by atoms with van der Waals surface area (Å²) >= 11 is 0. The number of aliphatic hydroxyl groups excluding tert-OH is 1. The van der Waals surface area contributed by atoms with Crippen molar-refractivity contribution in [3.8, 4) is 0 Å². The molecule has 2 atom stereocenters. The summed E-state index contributed by atoms with van der Waals surface area (Å²) in [5.74, 6) is 1.72. The van der Waals surface area contributed by atoms with Crippen LogP contribution >= 0.6 is 0 Å². The first-order valence-electron chi connectivity index (χ1n) is 10.7. The normalized spacial score (nSPS) is 18.2. The van der Waals surface area contributed by atoms with Crippen molar-refractivity contribution in [2.24, 2.45) is 4.99 Å². The zero-order chi connectivity index (χ0) is 21.2. The molecule has 0 spiro atoms. The van der Waals surface area contributed by atoms with E-state index in [1.165, 1.54) is 0 Å². The maximum atomic E-state index is 10.3. The van der Waals surface area contributed by atoms with E-state index in [9.17, 15) is 5.11 Å². The summed E-state index contributed by atoms with van der Waals surface area (Å²) in [5, 5.41) is 16.8. The number of hydrogen-bond donors (Lipinski definition) is 3. The highest BCUT2D eigenvalue weighted by molar-refractivity contribution is 5.79. The number of guanidine groups is 1. The lowest BCUT2D eigenvalue weighted by atomic mass is 10.1. The fourth-order valence-corrected chi connectivity index (χ4v) is 3.41. The van der Waals surface area contributed by atoms with Crippen molar-refractivity contribution in [2.45, 2.75) is 39.0 Å². The molecule has 1 aliphatic heterocycles. The third-order valence-corrected chi connectivity index (χ3v) is 5.03. The van der Waals surface area contributed by atoms with Crippen LogP contribution in [0, 0.1) is 0 Å². The Morgan fingerprint density at radius 3 is 2.80 bits per heavy atom. The zero-order valence-corrected chi connectivity index (χ0v) is 17.9. The van der Waals surface area contributed by atoms with Crippen LogP contribution in [-0.4, -0.2) is 54.9 Å². The van der Waals surface area contributed by atoms with Crippen LogP contribution in [0.2, 0.25) is 0 Å². The quantitative estimate of drug-likeness (QED) is 0.457. The Morgan fingerprint density at radius 1 is 1.27 bits per heavy atom. The van der Waals surface area contributed by atoms with E-state index in [1.807, 2.05) is 43.5 Å². The lowest BCUT2D eigenvalue weighted by Gasteiger charge is -2.32. The number of benzene rings is 1. The summed E-state index contributed by atoms with van der Waals surface area (Å²) in [6.45, 7) is 8.56. The van der Waals surface area contributed by atoms with Crippen LogP contribution in [0.1, 0.15) is 37.5 Å². The van der Waals surface area contributed by atoms with Crippen molar-refractivity contribution in [1.29, 1.82) is 0 Å². The van der Waals surface area contributed by atoms with Gasteiger partial charge in [0.15, 0.2) is 5.96 Å². The fraction of sp³-hybridized carbons (Fsp3) is 0.478. The first kappa shape index (κ1) is 22.1. The Bertz CT molecular complexity index is 782. The van der Waals surface area contributed by atoms with Gasteiger partial charge in [0.2, 0.25) is 0 Å². The molecule has 2 unspecified atom stereocenters. The summed E-state index contributed by atoms with van der Waals surface area (Å²) in [6.07, 6.45) is 2.25. The van der Waals surface area contributed by atoms with Crippen LogP contribution in [0.25, 0.3) is 0 Å². The van der Waals surface area contributed by atoms with Gasteiger partial charge >= 0.3 is 0 Å². The highest BCUT2D eigenvalue weighted by Crippen LogP contribution is 2.16. The van der Waals surface area contributed by atoms with E-state index in [0.29, 0.717) is 19.5 Å². The molecule has 7 heteroatoms. The lowest BCUT2D eigenvalue weighted by molar-refractivity contribution is 0.0529. The Hall–Kier alpha value is -2.64. The minimum atomic E-state index is -0.485. The lowest BCUT2D eigenvalue weighted by Crippen LogP contribution is -2.41. The maximum absolute atomic E-state index is 10.3. The molecule has 0 bridgehead atoms. The van der Waals surface area contributed by atoms with Crippen molar-refractivity contribution in [3.05, 3.63) is 59.8 Å². The zero-order valence-electron chi connectivity index (χ0n) is 17.9. The summed E-state index contributed by atoms with van der Waals surface area (Å²) in [7, 11) is 0. The molecule has 2 aromatic rings. The van der Waals surface area contributed by atoms with Gasteiger partial charge in [-0.05, 0) is 37.5 Å². The number of ether oxygens (including phenoxy) is 1. The molecule has 3 N–H and O–H groups in total. The molecule has 1 aromatic carbocycles. The minimum absolute atomic E-state index is 0.235. The van der Waals surface area contributed by atoms with E-state index in [4.69, 9.17) is 4.74 Å². The van der Waals surface area contributed by atoms with Gasteiger partial charge in [-0.25, -0.2) is 9.98 Å². The Labute approximate surface area is 179 Å². The second-order valence-electron chi connectivity index (χ2n) is 7.49. The SMILES string of the molecule is CCNC(=NCc1ccc(N2CCOC(C)C2)nc1)NCCC(O)c1ccccc1. The molecule has 30 heavy (non-hydrogen) atoms. The van der Waals surface area contributed by atoms with Crippen LogP contribution < -0.4 is 15.5 Å². The molecule has 1 aliphatic rings. The van der Waals surface area contributed by atoms with Crippen molar-refractivity contribution in [3.63, 3.8) is 0 Å². The number of nitrogens with one attached hydrogen (secondary N) is 2. The number of hydrogen-bond acceptors (Lipinski definition) is 5. The van der Waals surface area contributed by atoms with E-state index < -0.39 is 6.10 Å². The summed E-state index contributed by atoms with van der Waals surface area (Å²) in [6, 6.07) is 13.9. The number of aliphatic hydroxyl groups is 1. The highest BCUT2D eigenvalue weighted by atomic mass is 16.5. The van der Waals surface area contributed by atoms with Crippen LogP contribution in [0.4, 0.5) is 5.82 Å². The summed E-state index contributed by atoms with van der Waals surface area (Å²) in [4.78, 5) is 11.5. The second-order valence-corrected chi connectivity index (χ2v) is 7.49. The molecule has 7 nitrogen and oxygen atoms in total. The molecule has 0 radical (unpaired) electrons. The fourth-order valence-electron chi connectivity index (χ4n) is 3.41. The molecule has 0 amide bonds. The third-order valence-electron chi connectivity index (χ3n) is 5.03. The van der Waals surface area contributed by atoms with Gasteiger partial charge in [0.1, 0.15) is 5.82 Å². The third kappa shape index (κ3) is 6.71. The van der Waals surface area contributed by atoms with Crippen molar-refractivity contribution >= 4 is 11.8 Å². The first-order chi connectivity index (χ1) is 14.7. The Kier molecular flexibility index (Phi) is 8.47. The predicted octanol–water partition coefficient (Wildman–Crippen LogP) is 2.49. The van der Waals surface area contributed by atoms with Gasteiger partial charge in [0, 0.05) is 32.4 Å². The summed E-state index contributed by atoms with van der Waals surface area (Å²) < 4.78 is 5.60. The van der Waals surface area contributed by atoms with E-state index >= 15 is 0 Å². The molecule has 1 fully saturated rings. The smallest absolute Gasteiger partial charge is 0.191 e. The Morgan fingerprint density at radius 2 is 2.10 bits per heavy atom. The maximum Gasteiger partial charge on any atom is 0.191 e. The number of aliphatic imine (C=N–C) groups is 1. The molecular formula is C23H33N5O2. The van der Waals surface area contributed by atoms with E-state index in [0.717, 1.165) is 49.1 Å². The van der Waals surface area contributed by atoms with Gasteiger partial charge in [-0.15, -0.1) is 0 Å². The number of nitrogens with zero attached hydrogens (tertiary/aromatic N) is 3. The van der Waals surface area contributed by atoms with E-state index in [2.05, 4.69) is 44.6 Å². The topological polar surface area (TPSA) is 82.0 Å². The standard InChI is InChI=1S/C23H33N5O2/c1-3-24-23(25-12-11-21(29)20-7-5-4-6-8-20)27-16-19-9-10-22(26-15-19)28-13-14-30-18(2)17-28/h4-10,15,18,21,29H,3,11-14,16-17H2,1-2H3,(H2,24,25,27). The average molecular weight is 412 g/mol. The van der Waals surface area contributed by atoms with E-state index in [1.54, 1.807) is 0 Å². The second kappa shape index (κ2) is 11.5. The summed E-state index contributed by atoms with van der Waals surface area (Å²) in [5.41, 5.74) is 1.99. The van der Waals surface area contributed by atoms with Gasteiger partial charge in [-0.2, -0.15) is 0 Å². The first-order valence-corrected chi connectivity index (χ1v) is 10.7. The van der Waals surface area contributed by atoms with Gasteiger partial charge < -0.3 is 25.4 Å². The van der Waals surface area contributed by atoms with Crippen molar-refractivity contribution < 1.29 is 9.84 Å². The molecule has 0 saturated carbocycles. The number of anilines is 1. The average Bonchev–Trinajstić information content (AvgIpc) is 2.78. The predicted molar refractivity (Wildman–Crippen MR) is 121 cm³/mol. The molecule has 0 aliphatic carbocycles. The van der Waals surface area contributed by atoms with E-state index in [-0.39, 0.29) is 6.10 Å². The van der Waals surface area contributed by atoms with Gasteiger partial charge in [0.25, 0.3) is 0 Å². The molecule has 3 rings (SSSR count). The van der Waals surface area contributed by atoms with Gasteiger partial charge in [-0.1, -0.05) is 36.4 Å². The van der Waals surface area contributed by atoms with Crippen LogP contribution in [-0.2, 0) is 11.3 Å². The van der Waals surface area contributed by atoms with Crippen LogP contribution in [0.3, 0.4) is 0 Å². The number of pyridine rings is 1. The molecule has 1 saturated heterocycles. The van der Waals surface area contributed by atoms with Crippen molar-refractivity contribution in [2.75, 3.05) is 37.7 Å². The number of rotatable bonds is 8. The number of morpholine rings is 1. The molecule has 2 heterocycles. The minimum Gasteiger partial charge on any atom is -0.388 e. The monoisotopic (exact) mass is 411 g/mol. The van der Waals surface area contributed by atoms with Crippen molar-refractivity contribution in [1.82, 2.24) is 15.6 Å². The van der Waals surface area contributed by atoms with Gasteiger partial charge in [0.05, 0.1) is 25.4 Å². The molecular weight excluding hydrogens is 378 g/mol. The van der Waals surface area contributed by atoms with Crippen LogP contribution in [0.15, 0.2) is 53.7 Å². The molecule has 162 valence electrons. The number of aromatic nitrogens is 1. The highest BCUT2D eigenvalue weighted by Gasteiger charge is 2.17. The molecule has 1 aromatic heterocycles. The largest absolute Gasteiger partial charge is 0.388 e. The Balaban J connectivity index is 1.50. The van der Waals surface area contributed by atoms with Gasteiger partial charge in [-0.3, -0.25) is 0 Å². The van der Waals surface area contributed by atoms with Crippen LogP contribution in [0.5, 0.6) is 0 Å².